The fourth-order valence-corrected chi connectivity index (χ4v) is 9.82. The molecule has 0 aliphatic carbocycles. The van der Waals surface area contributed by atoms with Crippen molar-refractivity contribution in [1.82, 2.24) is 19.4 Å². The molecule has 11 heteroatoms. The molecular formula is C52H69ClN6O2PRh+2. The Labute approximate surface area is 395 Å². The van der Waals surface area contributed by atoms with E-state index in [-0.39, 0.29) is 28.4 Å². The average Bonchev–Trinajstić information content (AvgIpc) is 3.79. The Morgan fingerprint density at radius 1 is 0.746 bits per heavy atom. The molecule has 4 aromatic rings. The number of halogens is 1. The van der Waals surface area contributed by atoms with Crippen LogP contribution in [0.2, 0.25) is 0 Å². The number of hydrogen-bond donors (Lipinski definition) is 2. The number of carbonyl (C=O) groups excluding carboxylic acids is 2. The number of anilines is 2. The quantitative estimate of drug-likeness (QED) is 0.0385. The van der Waals surface area contributed by atoms with E-state index in [4.69, 9.17) is 12.3 Å². The molecule has 3 heterocycles. The van der Waals surface area contributed by atoms with Gasteiger partial charge in [-0.05, 0) is 110 Å². The number of benzene rings is 4. The van der Waals surface area contributed by atoms with E-state index in [1.807, 2.05) is 118 Å². The summed E-state index contributed by atoms with van der Waals surface area (Å²) in [6.07, 6.45) is 12.2. The summed E-state index contributed by atoms with van der Waals surface area (Å²) in [6, 6.07) is 42.0. The molecule has 3 aliphatic heterocycles. The van der Waals surface area contributed by atoms with Crippen LogP contribution in [-0.4, -0.2) is 88.6 Å². The molecule has 0 aromatic heterocycles. The van der Waals surface area contributed by atoms with E-state index in [9.17, 15) is 9.59 Å². The van der Waals surface area contributed by atoms with Gasteiger partial charge < -0.3 is 25.8 Å². The average molecular weight is 979 g/mol. The van der Waals surface area contributed by atoms with Crippen molar-refractivity contribution >= 4 is 51.3 Å². The van der Waals surface area contributed by atoms with Crippen molar-refractivity contribution in [3.8, 4) is 0 Å². The first kappa shape index (κ1) is 53.5. The summed E-state index contributed by atoms with van der Waals surface area (Å²) in [6.45, 7) is 24.8. The Balaban J connectivity index is 0.000000251. The number of para-hydroxylation sites is 2. The molecule has 338 valence electrons. The van der Waals surface area contributed by atoms with Crippen LogP contribution in [0.4, 0.5) is 11.4 Å². The molecule has 3 atom stereocenters. The van der Waals surface area contributed by atoms with E-state index in [0.29, 0.717) is 12.3 Å². The van der Waals surface area contributed by atoms with Crippen LogP contribution in [0.5, 0.6) is 0 Å². The van der Waals surface area contributed by atoms with E-state index >= 15 is 0 Å². The van der Waals surface area contributed by atoms with E-state index in [0.717, 1.165) is 50.6 Å². The van der Waals surface area contributed by atoms with Gasteiger partial charge in [0.15, 0.2) is 6.08 Å². The van der Waals surface area contributed by atoms with Crippen LogP contribution in [0.15, 0.2) is 152 Å². The van der Waals surface area contributed by atoms with E-state index in [1.165, 1.54) is 16.7 Å². The van der Waals surface area contributed by atoms with Crippen LogP contribution in [0.1, 0.15) is 48.5 Å². The summed E-state index contributed by atoms with van der Waals surface area (Å²) in [5, 5.41) is 6.31. The molecule has 3 unspecified atom stereocenters. The van der Waals surface area contributed by atoms with Crippen molar-refractivity contribution in [2.24, 2.45) is 10.8 Å². The summed E-state index contributed by atoms with van der Waals surface area (Å²) >= 11 is 2.02. The van der Waals surface area contributed by atoms with Gasteiger partial charge in [0.2, 0.25) is 0 Å². The Morgan fingerprint density at radius 3 is 1.63 bits per heavy atom. The van der Waals surface area contributed by atoms with Crippen molar-refractivity contribution in [3.05, 3.63) is 172 Å². The molecule has 3 saturated heterocycles. The van der Waals surface area contributed by atoms with Crippen molar-refractivity contribution in [3.63, 3.8) is 0 Å². The second-order valence-electron chi connectivity index (χ2n) is 16.9. The third-order valence-corrected chi connectivity index (χ3v) is 14.2. The summed E-state index contributed by atoms with van der Waals surface area (Å²) in [5.41, 5.74) is 6.51. The third-order valence-electron chi connectivity index (χ3n) is 11.4. The Morgan fingerprint density at radius 2 is 1.17 bits per heavy atom. The zero-order valence-electron chi connectivity index (χ0n) is 38.2. The fraction of sp³-hybridized carbons (Fsp3) is 0.346. The van der Waals surface area contributed by atoms with Gasteiger partial charge >= 0.3 is 27.0 Å². The Hall–Kier alpha value is -3.87. The molecule has 4 aromatic carbocycles. The monoisotopic (exact) mass is 978 g/mol. The SMILES string of the molecule is CC(=O)C(C)(C)/C=C/C(C)Nc1ccccc1.Nc1ccccc1.[CH+]=C/C=C/C(C)(C)C(C)=O.[CH2-]N1CCN2CCN3CCN([PH+](c4ccccc4)c4ccccc4)C3[CH-]C12.[Cl][Rh+2]. The maximum atomic E-state index is 11.4. The molecule has 3 N–H and O–H groups in total. The Bertz CT molecular complexity index is 1950. The van der Waals surface area contributed by atoms with Crippen LogP contribution < -0.4 is 21.7 Å². The van der Waals surface area contributed by atoms with Crippen molar-refractivity contribution < 1.29 is 26.9 Å². The molecule has 0 spiro atoms. The van der Waals surface area contributed by atoms with Gasteiger partial charge in [-0.3, -0.25) is 23.1 Å². The number of hydrogen-bond acceptors (Lipinski definition) is 8. The first-order valence-corrected chi connectivity index (χ1v) is 25.0. The molecule has 0 bridgehead atoms. The van der Waals surface area contributed by atoms with Gasteiger partial charge in [-0.15, -0.1) is 0 Å². The molecule has 8 nitrogen and oxygen atoms in total. The summed E-state index contributed by atoms with van der Waals surface area (Å²) in [7, 11) is 7.82. The summed E-state index contributed by atoms with van der Waals surface area (Å²) in [4.78, 5) is 29.7. The first-order chi connectivity index (χ1) is 30.1. The predicted octanol–water partition coefficient (Wildman–Crippen LogP) is 9.42. The number of allylic oxidation sites excluding steroid dienone is 4. The molecule has 0 amide bonds. The van der Waals surface area contributed by atoms with Gasteiger partial charge in [0.25, 0.3) is 0 Å². The van der Waals surface area contributed by atoms with Gasteiger partial charge in [-0.2, -0.15) is 4.67 Å². The molecule has 0 saturated carbocycles. The standard InChI is InChI=1S/C22H27N4P.C15H21NO.C9H13O.C6H7N.ClH.Rh/c1-23-12-13-24-14-15-25-16-17-26(22(25)18-21(23)24)27(19-8-4-2-5-9-19)20-10-6-3-7-11-20;1-12(10-11-15(3,4)13(2)17)16-14-8-6-5-7-9-14;1-5-6-7-9(3,4)8(2)10;7-6-4-2-1-3-5-6;;/h2-11,18,21-22H,1,12-17H2;5-12,16H,1-4H3;1,5-7H,2-4H3;1-5H,7H2;1H;/q-2;;+1;;;+3/b;11-10+;7-6+;;;. The zero-order valence-corrected chi connectivity index (χ0v) is 41.6. The van der Waals surface area contributed by atoms with Crippen LogP contribution in [0.3, 0.4) is 0 Å². The fourth-order valence-electron chi connectivity index (χ4n) is 6.97. The van der Waals surface area contributed by atoms with Gasteiger partial charge in [0, 0.05) is 68.2 Å². The number of fused-ring (bicyclic) bond motifs is 2. The minimum atomic E-state index is -1.00. The van der Waals surface area contributed by atoms with E-state index in [1.54, 1.807) is 26.0 Å². The van der Waals surface area contributed by atoms with Crippen molar-refractivity contribution in [1.29, 1.82) is 0 Å². The van der Waals surface area contributed by atoms with Gasteiger partial charge in [-0.1, -0.05) is 91.1 Å². The van der Waals surface area contributed by atoms with Crippen LogP contribution in [-0.2, 0) is 26.9 Å². The number of nitrogens with one attached hydrogen (secondary N) is 1. The van der Waals surface area contributed by atoms with Gasteiger partial charge in [-0.25, -0.2) is 0 Å². The van der Waals surface area contributed by atoms with Crippen LogP contribution >= 0.6 is 17.8 Å². The van der Waals surface area contributed by atoms with Gasteiger partial charge in [0.1, 0.15) is 30.2 Å². The third kappa shape index (κ3) is 17.6. The molecule has 3 fully saturated rings. The molecule has 63 heavy (non-hydrogen) atoms. The molecular weight excluding hydrogens is 910 g/mol. The number of rotatable bonds is 11. The van der Waals surface area contributed by atoms with Crippen molar-refractivity contribution in [2.75, 3.05) is 50.3 Å². The predicted molar refractivity (Wildman–Crippen MR) is 267 cm³/mol. The first-order valence-electron chi connectivity index (χ1n) is 21.5. The molecule has 0 radical (unpaired) electrons. The zero-order chi connectivity index (χ0) is 46.4. The minimum absolute atomic E-state index is 0.144. The van der Waals surface area contributed by atoms with Gasteiger partial charge in [0.05, 0.1) is 11.5 Å². The number of Topliss-reactive ketones (excluding diaryl/α,β-unsaturated/α-hetero) is 2. The number of ketones is 2. The molecule has 3 aliphatic rings. The second kappa shape index (κ2) is 27.5. The number of nitrogens with zero attached hydrogens (tertiary/aromatic N) is 4. The topological polar surface area (TPSA) is 85.1 Å². The number of nitrogen functional groups attached to an aromatic ring is 1. The van der Waals surface area contributed by atoms with Crippen LogP contribution in [0.25, 0.3) is 0 Å². The Kier molecular flexibility index (Phi) is 23.3. The second-order valence-corrected chi connectivity index (χ2v) is 19.3. The van der Waals surface area contributed by atoms with Crippen molar-refractivity contribution in [2.45, 2.75) is 66.8 Å². The molecule has 7 rings (SSSR count). The normalized spacial score (nSPS) is 18.4. The summed E-state index contributed by atoms with van der Waals surface area (Å²) < 4.78 is 2.78. The van der Waals surface area contributed by atoms with Crippen LogP contribution in [0, 0.1) is 30.9 Å². The number of nitrogens with two attached hydrogens (primary N) is 1. The number of carbonyl (C=O) groups is 2. The maximum absolute atomic E-state index is 11.4. The van der Waals surface area contributed by atoms with E-state index < -0.39 is 8.07 Å². The van der Waals surface area contributed by atoms with E-state index in [2.05, 4.69) is 115 Å². The summed E-state index contributed by atoms with van der Waals surface area (Å²) in [5.74, 6) is 0.325.